The van der Waals surface area contributed by atoms with Crippen molar-refractivity contribution in [1.29, 1.82) is 0 Å². The first-order valence-electron chi connectivity index (χ1n) is 15.7. The van der Waals surface area contributed by atoms with Crippen molar-refractivity contribution < 1.29 is 42.9 Å². The summed E-state index contributed by atoms with van der Waals surface area (Å²) in [7, 11) is -0.464. The van der Waals surface area contributed by atoms with Gasteiger partial charge in [0.25, 0.3) is 8.32 Å². The minimum Gasteiger partial charge on any atom is -0.469 e. The van der Waals surface area contributed by atoms with Crippen LogP contribution in [0, 0.1) is 17.8 Å². The number of imide groups is 1. The Morgan fingerprint density at radius 1 is 0.891 bits per heavy atom. The summed E-state index contributed by atoms with van der Waals surface area (Å²) in [5.74, 6) is -4.95. The lowest BCUT2D eigenvalue weighted by molar-refractivity contribution is -0.150. The zero-order valence-corrected chi connectivity index (χ0v) is 29.3. The van der Waals surface area contributed by atoms with Crippen LogP contribution in [0.5, 0.6) is 0 Å². The maximum Gasteiger partial charge on any atom is 0.417 e. The third-order valence-corrected chi connectivity index (χ3v) is 13.6. The molecule has 11 heteroatoms. The molecule has 0 aliphatic carbocycles. The molecule has 0 unspecified atom stereocenters. The predicted octanol–water partition coefficient (Wildman–Crippen LogP) is 4.07. The number of carbonyl (C=O) groups excluding carboxylic acids is 4. The van der Waals surface area contributed by atoms with Gasteiger partial charge in [-0.05, 0) is 54.9 Å². The first kappa shape index (κ1) is 36.9. The van der Waals surface area contributed by atoms with Crippen LogP contribution in [0.2, 0.25) is 5.04 Å². The van der Waals surface area contributed by atoms with Crippen LogP contribution in [0.15, 0.2) is 60.7 Å². The molecule has 1 N–H and O–H groups in total. The molecule has 1 heterocycles. The molecule has 3 rings (SSSR count). The topological polar surface area (TPSA) is 129 Å². The summed E-state index contributed by atoms with van der Waals surface area (Å²) in [6.45, 7) is 11.4. The second kappa shape index (κ2) is 15.4. The van der Waals surface area contributed by atoms with Crippen LogP contribution in [0.1, 0.15) is 60.8 Å². The van der Waals surface area contributed by atoms with Crippen LogP contribution in [-0.4, -0.2) is 81.3 Å². The minimum atomic E-state index is -2.82. The van der Waals surface area contributed by atoms with Crippen LogP contribution >= 0.6 is 0 Å². The van der Waals surface area contributed by atoms with Gasteiger partial charge in [0.05, 0.1) is 20.6 Å². The van der Waals surface area contributed by atoms with Gasteiger partial charge in [0.15, 0.2) is 0 Å². The van der Waals surface area contributed by atoms with Crippen LogP contribution in [0.25, 0.3) is 0 Å². The lowest BCUT2D eigenvalue weighted by atomic mass is 9.77. The van der Waals surface area contributed by atoms with E-state index in [1.165, 1.54) is 7.11 Å². The largest absolute Gasteiger partial charge is 0.469 e. The van der Waals surface area contributed by atoms with Crippen LogP contribution in [-0.2, 0) is 33.0 Å². The average Bonchev–Trinajstić information content (AvgIpc) is 3.29. The Hall–Kier alpha value is -3.54. The van der Waals surface area contributed by atoms with Crippen molar-refractivity contribution in [1.82, 2.24) is 4.90 Å². The van der Waals surface area contributed by atoms with Crippen molar-refractivity contribution in [2.75, 3.05) is 27.4 Å². The average molecular weight is 656 g/mol. The van der Waals surface area contributed by atoms with E-state index in [0.29, 0.717) is 19.4 Å². The maximum atomic E-state index is 14.0. The number of rotatable bonds is 12. The Labute approximate surface area is 273 Å². The normalized spacial score (nSPS) is 19.5. The number of esters is 2. The molecule has 0 radical (unpaired) electrons. The van der Waals surface area contributed by atoms with E-state index in [4.69, 9.17) is 18.6 Å². The Kier molecular flexibility index (Phi) is 12.3. The SMILES string of the molecule is COC(=O)C[C@H]1[C@@H]([C@@H](CO)CCCO[Si](c2ccccc2)(c2ccccc2)C(C)(C)C)C(=O)N(C(=O)OC(C)(C)C)[C@@H]1C(=O)OC. The van der Waals surface area contributed by atoms with Gasteiger partial charge in [0.1, 0.15) is 11.6 Å². The van der Waals surface area contributed by atoms with Gasteiger partial charge >= 0.3 is 18.0 Å². The van der Waals surface area contributed by atoms with E-state index in [9.17, 15) is 24.3 Å². The number of methoxy groups -OCH3 is 2. The monoisotopic (exact) mass is 655 g/mol. The summed E-state index contributed by atoms with van der Waals surface area (Å²) in [5.41, 5.74) is -0.956. The number of aliphatic hydroxyl groups excluding tert-OH is 1. The second-order valence-corrected chi connectivity index (χ2v) is 18.0. The van der Waals surface area contributed by atoms with E-state index in [1.54, 1.807) is 20.8 Å². The predicted molar refractivity (Wildman–Crippen MR) is 176 cm³/mol. The van der Waals surface area contributed by atoms with Gasteiger partial charge in [-0.15, -0.1) is 0 Å². The molecule has 252 valence electrons. The Balaban J connectivity index is 1.94. The lowest BCUT2D eigenvalue weighted by Gasteiger charge is -2.43. The Bertz CT molecular complexity index is 1300. The van der Waals surface area contributed by atoms with Crippen molar-refractivity contribution in [3.8, 4) is 0 Å². The molecule has 2 amide bonds. The van der Waals surface area contributed by atoms with Gasteiger partial charge in [-0.2, -0.15) is 0 Å². The number of aliphatic hydroxyl groups is 1. The molecule has 0 aromatic heterocycles. The number of ether oxygens (including phenoxy) is 3. The fourth-order valence-electron chi connectivity index (χ4n) is 6.57. The number of nitrogens with zero attached hydrogens (tertiary/aromatic N) is 1. The smallest absolute Gasteiger partial charge is 0.417 e. The third-order valence-electron chi connectivity index (χ3n) is 8.53. The standard InChI is InChI=1S/C35H49NO9Si/c1-34(2,3)45-33(41)36-30(32(40)43-8)27(22-28(38)42-7)29(31(36)39)24(23-37)16-15-21-44-46(35(4,5)6,25-17-11-9-12-18-25)26-19-13-10-14-20-26/h9-14,17-20,24,27,29-30,37H,15-16,21-23H2,1-8H3/t24-,27+,29-,30+/m1/s1. The van der Waals surface area contributed by atoms with Crippen LogP contribution in [0.4, 0.5) is 4.79 Å². The van der Waals surface area contributed by atoms with Crippen molar-refractivity contribution in [3.05, 3.63) is 60.7 Å². The van der Waals surface area contributed by atoms with Crippen molar-refractivity contribution >= 4 is 42.6 Å². The second-order valence-electron chi connectivity index (χ2n) is 13.7. The molecule has 1 saturated heterocycles. The highest BCUT2D eigenvalue weighted by Crippen LogP contribution is 2.42. The van der Waals surface area contributed by atoms with Crippen LogP contribution < -0.4 is 10.4 Å². The molecule has 10 nitrogen and oxygen atoms in total. The molecule has 1 fully saturated rings. The molecule has 46 heavy (non-hydrogen) atoms. The highest BCUT2D eigenvalue weighted by Gasteiger charge is 2.58. The highest BCUT2D eigenvalue weighted by molar-refractivity contribution is 6.99. The van der Waals surface area contributed by atoms with E-state index in [-0.39, 0.29) is 11.5 Å². The quantitative estimate of drug-likeness (QED) is 0.156. The Morgan fingerprint density at radius 3 is 1.87 bits per heavy atom. The van der Waals surface area contributed by atoms with E-state index < -0.39 is 68.3 Å². The molecular weight excluding hydrogens is 606 g/mol. The third kappa shape index (κ3) is 8.05. The van der Waals surface area contributed by atoms with Crippen molar-refractivity contribution in [3.63, 3.8) is 0 Å². The summed E-state index contributed by atoms with van der Waals surface area (Å²) in [6.07, 6.45) is -0.545. The van der Waals surface area contributed by atoms with Gasteiger partial charge in [0.2, 0.25) is 5.91 Å². The zero-order valence-electron chi connectivity index (χ0n) is 28.3. The first-order valence-corrected chi connectivity index (χ1v) is 17.6. The molecule has 0 saturated carbocycles. The number of hydrogen-bond donors (Lipinski definition) is 1. The van der Waals surface area contributed by atoms with Gasteiger partial charge in [0, 0.05) is 25.0 Å². The number of carbonyl (C=O) groups is 4. The number of benzene rings is 2. The highest BCUT2D eigenvalue weighted by atomic mass is 28.4. The number of likely N-dealkylation sites (tertiary alicyclic amines) is 1. The number of amides is 2. The van der Waals surface area contributed by atoms with Gasteiger partial charge in [-0.1, -0.05) is 81.4 Å². The van der Waals surface area contributed by atoms with Gasteiger partial charge in [-0.25, -0.2) is 14.5 Å². The van der Waals surface area contributed by atoms with Gasteiger partial charge < -0.3 is 23.7 Å². The molecule has 2 aromatic carbocycles. The minimum absolute atomic E-state index is 0.235. The van der Waals surface area contributed by atoms with E-state index in [0.717, 1.165) is 22.4 Å². The van der Waals surface area contributed by atoms with E-state index >= 15 is 0 Å². The maximum absolute atomic E-state index is 14.0. The molecule has 1 aliphatic rings. The first-order chi connectivity index (χ1) is 21.6. The summed E-state index contributed by atoms with van der Waals surface area (Å²) in [6, 6.07) is 19.0. The van der Waals surface area contributed by atoms with E-state index in [1.807, 2.05) is 36.4 Å². The molecule has 2 aromatic rings. The summed E-state index contributed by atoms with van der Waals surface area (Å²) >= 11 is 0. The lowest BCUT2D eigenvalue weighted by Crippen LogP contribution is -2.66. The fraction of sp³-hybridized carbons (Fsp3) is 0.543. The summed E-state index contributed by atoms with van der Waals surface area (Å²) in [5, 5.41) is 12.6. The molecular formula is C35H49NO9Si. The molecule has 4 atom stereocenters. The molecule has 0 bridgehead atoms. The zero-order chi connectivity index (χ0) is 34.3. The van der Waals surface area contributed by atoms with Crippen LogP contribution in [0.3, 0.4) is 0 Å². The summed E-state index contributed by atoms with van der Waals surface area (Å²) < 4.78 is 22.3. The molecule has 1 aliphatic heterocycles. The summed E-state index contributed by atoms with van der Waals surface area (Å²) in [4.78, 5) is 53.6. The fourth-order valence-corrected chi connectivity index (χ4v) is 11.2. The van der Waals surface area contributed by atoms with Gasteiger partial charge in [-0.3, -0.25) is 9.59 Å². The van der Waals surface area contributed by atoms with Crippen molar-refractivity contribution in [2.45, 2.75) is 77.5 Å². The van der Waals surface area contributed by atoms with E-state index in [2.05, 4.69) is 45.0 Å². The van der Waals surface area contributed by atoms with Crippen molar-refractivity contribution in [2.24, 2.45) is 17.8 Å². The number of hydrogen-bond acceptors (Lipinski definition) is 9. The Morgan fingerprint density at radius 2 is 1.43 bits per heavy atom. The molecule has 0 spiro atoms.